The van der Waals surface area contributed by atoms with Gasteiger partial charge in [0.25, 0.3) is 10.0 Å². The van der Waals surface area contributed by atoms with Gasteiger partial charge in [0.05, 0.1) is 10.7 Å². The van der Waals surface area contributed by atoms with Crippen LogP contribution in [0.25, 0.3) is 0 Å². The molecule has 154 valence electrons. The van der Waals surface area contributed by atoms with Crippen LogP contribution in [0.1, 0.15) is 25.7 Å². The molecule has 28 heavy (non-hydrogen) atoms. The Morgan fingerprint density at radius 3 is 2.71 bits per heavy atom. The maximum absolute atomic E-state index is 14.4. The summed E-state index contributed by atoms with van der Waals surface area (Å²) in [5, 5.41) is 6.62. The minimum absolute atomic E-state index is 0.0502. The lowest BCUT2D eigenvalue weighted by Crippen LogP contribution is -2.53. The maximum atomic E-state index is 14.4. The molecular formula is C16H22ClFN6O2S2. The molecule has 0 saturated heterocycles. The summed E-state index contributed by atoms with van der Waals surface area (Å²) in [6.07, 6.45) is 5.19. The van der Waals surface area contributed by atoms with Crippen molar-refractivity contribution in [2.24, 2.45) is 5.73 Å². The summed E-state index contributed by atoms with van der Waals surface area (Å²) >= 11 is 6.99. The highest BCUT2D eigenvalue weighted by molar-refractivity contribution is 7.93. The van der Waals surface area contributed by atoms with E-state index >= 15 is 0 Å². The number of nitrogens with zero attached hydrogens (tertiary/aromatic N) is 2. The van der Waals surface area contributed by atoms with E-state index in [9.17, 15) is 12.8 Å². The summed E-state index contributed by atoms with van der Waals surface area (Å²) < 4.78 is 44.9. The number of sulfonamides is 1. The fourth-order valence-corrected chi connectivity index (χ4v) is 4.84. The van der Waals surface area contributed by atoms with Gasteiger partial charge in [0.2, 0.25) is 5.13 Å². The first kappa shape index (κ1) is 21.2. The van der Waals surface area contributed by atoms with Crippen LogP contribution in [0.15, 0.2) is 23.4 Å². The van der Waals surface area contributed by atoms with Gasteiger partial charge in [-0.05, 0) is 44.4 Å². The molecule has 2 atom stereocenters. The third kappa shape index (κ3) is 5.29. The fraction of sp³-hybridized carbons (Fsp3) is 0.500. The van der Waals surface area contributed by atoms with E-state index in [2.05, 4.69) is 24.7 Å². The Morgan fingerprint density at radius 1 is 1.29 bits per heavy atom. The normalized spacial score (nSPS) is 19.2. The molecular weight excluding hydrogens is 427 g/mol. The van der Waals surface area contributed by atoms with E-state index in [0.29, 0.717) is 18.3 Å². The van der Waals surface area contributed by atoms with Gasteiger partial charge in [-0.1, -0.05) is 11.6 Å². The highest BCUT2D eigenvalue weighted by Crippen LogP contribution is 2.29. The molecule has 0 unspecified atom stereocenters. The Labute approximate surface area is 172 Å². The summed E-state index contributed by atoms with van der Waals surface area (Å²) in [7, 11) is -4.14. The molecule has 1 heterocycles. The predicted octanol–water partition coefficient (Wildman–Crippen LogP) is 2.40. The van der Waals surface area contributed by atoms with Gasteiger partial charge in [0.1, 0.15) is 17.0 Å². The molecule has 2 aromatic rings. The van der Waals surface area contributed by atoms with Crippen LogP contribution in [0.2, 0.25) is 5.02 Å². The van der Waals surface area contributed by atoms with Crippen molar-refractivity contribution in [3.05, 3.63) is 29.3 Å². The van der Waals surface area contributed by atoms with Gasteiger partial charge in [-0.15, -0.1) is 0 Å². The summed E-state index contributed by atoms with van der Waals surface area (Å²) in [5.41, 5.74) is 6.22. The molecule has 1 fully saturated rings. The zero-order valence-corrected chi connectivity index (χ0v) is 17.4. The summed E-state index contributed by atoms with van der Waals surface area (Å²) in [6.45, 7) is 1.46. The molecule has 0 amide bonds. The maximum Gasteiger partial charge on any atom is 0.266 e. The van der Waals surface area contributed by atoms with E-state index in [0.717, 1.165) is 55.9 Å². The first-order valence-electron chi connectivity index (χ1n) is 8.88. The van der Waals surface area contributed by atoms with Crippen LogP contribution in [-0.4, -0.2) is 42.9 Å². The minimum atomic E-state index is -4.14. The monoisotopic (exact) mass is 448 g/mol. The first-order chi connectivity index (χ1) is 13.4. The largest absolute Gasteiger partial charge is 0.384 e. The molecule has 5 N–H and O–H groups in total. The molecule has 1 aromatic heterocycles. The van der Waals surface area contributed by atoms with Crippen molar-refractivity contribution in [2.75, 3.05) is 23.1 Å². The molecule has 0 radical (unpaired) electrons. The topological polar surface area (TPSA) is 122 Å². The van der Waals surface area contributed by atoms with E-state index in [1.807, 2.05) is 0 Å². The van der Waals surface area contributed by atoms with Crippen molar-refractivity contribution in [2.45, 2.75) is 42.7 Å². The van der Waals surface area contributed by atoms with Crippen LogP contribution in [0.4, 0.5) is 15.2 Å². The number of benzene rings is 1. The van der Waals surface area contributed by atoms with Crippen molar-refractivity contribution in [1.82, 2.24) is 14.7 Å². The summed E-state index contributed by atoms with van der Waals surface area (Å²) in [5.74, 6) is -0.899. The van der Waals surface area contributed by atoms with Gasteiger partial charge in [0.15, 0.2) is 0 Å². The van der Waals surface area contributed by atoms with Gasteiger partial charge in [-0.25, -0.2) is 17.8 Å². The molecule has 1 aliphatic rings. The third-order valence-electron chi connectivity index (χ3n) is 4.55. The molecule has 1 aromatic carbocycles. The van der Waals surface area contributed by atoms with Crippen LogP contribution >= 0.6 is 23.1 Å². The van der Waals surface area contributed by atoms with Gasteiger partial charge in [-0.3, -0.25) is 4.72 Å². The molecule has 0 aliphatic heterocycles. The Morgan fingerprint density at radius 2 is 2.07 bits per heavy atom. The lowest BCUT2D eigenvalue weighted by molar-refractivity contribution is 0.285. The summed E-state index contributed by atoms with van der Waals surface area (Å²) in [6, 6.07) is 2.85. The molecule has 12 heteroatoms. The number of unbranched alkanes of at least 4 members (excludes halogenated alkanes) is 1. The number of nitrogens with two attached hydrogens (primary N) is 1. The number of halogens is 2. The number of nitrogens with one attached hydrogen (secondary N) is 3. The zero-order chi connectivity index (χ0) is 20.1. The van der Waals surface area contributed by atoms with Gasteiger partial charge in [0, 0.05) is 30.2 Å². The van der Waals surface area contributed by atoms with Gasteiger partial charge < -0.3 is 16.4 Å². The van der Waals surface area contributed by atoms with E-state index in [1.54, 1.807) is 0 Å². The van der Waals surface area contributed by atoms with Gasteiger partial charge in [-0.2, -0.15) is 4.37 Å². The third-order valence-corrected chi connectivity index (χ3v) is 6.92. The number of aromatic nitrogens is 2. The number of hydrogen-bond acceptors (Lipinski definition) is 8. The number of hydrogen-bond donors (Lipinski definition) is 4. The minimum Gasteiger partial charge on any atom is -0.384 e. The van der Waals surface area contributed by atoms with Crippen molar-refractivity contribution in [3.63, 3.8) is 0 Å². The van der Waals surface area contributed by atoms with Crippen molar-refractivity contribution in [1.29, 1.82) is 0 Å². The highest BCUT2D eigenvalue weighted by Gasteiger charge is 2.26. The Balaban J connectivity index is 1.51. The average molecular weight is 449 g/mol. The summed E-state index contributed by atoms with van der Waals surface area (Å²) in [4.78, 5) is 3.18. The van der Waals surface area contributed by atoms with Gasteiger partial charge >= 0.3 is 0 Å². The Kier molecular flexibility index (Phi) is 7.05. The van der Waals surface area contributed by atoms with Crippen LogP contribution in [-0.2, 0) is 10.0 Å². The second-order valence-electron chi connectivity index (χ2n) is 6.55. The molecule has 0 bridgehead atoms. The molecule has 1 aliphatic carbocycles. The second kappa shape index (κ2) is 9.31. The number of anilines is 2. The van der Waals surface area contributed by atoms with Crippen molar-refractivity contribution < 1.29 is 12.8 Å². The lowest BCUT2D eigenvalue weighted by Gasteiger charge is -2.34. The second-order valence-corrected chi connectivity index (χ2v) is 9.39. The van der Waals surface area contributed by atoms with E-state index < -0.39 is 20.7 Å². The van der Waals surface area contributed by atoms with Crippen LogP contribution < -0.4 is 21.1 Å². The first-order valence-corrected chi connectivity index (χ1v) is 11.5. The van der Waals surface area contributed by atoms with E-state index in [1.165, 1.54) is 6.33 Å². The molecule has 8 nitrogen and oxygen atoms in total. The SMILES string of the molecule is N[C@@H]1CC[C@H]1NCCCCNc1cc(F)c(S(=O)(=O)Nc2ncns2)cc1Cl. The van der Waals surface area contributed by atoms with Crippen LogP contribution in [0.5, 0.6) is 0 Å². The molecule has 0 spiro atoms. The smallest absolute Gasteiger partial charge is 0.266 e. The van der Waals surface area contributed by atoms with E-state index in [-0.39, 0.29) is 16.2 Å². The Hall–Kier alpha value is -1.53. The van der Waals surface area contributed by atoms with Crippen LogP contribution in [0, 0.1) is 5.82 Å². The fourth-order valence-electron chi connectivity index (χ4n) is 2.80. The molecule has 3 rings (SSSR count). The lowest BCUT2D eigenvalue weighted by atomic mass is 9.87. The number of rotatable bonds is 10. The van der Waals surface area contributed by atoms with Crippen molar-refractivity contribution in [3.8, 4) is 0 Å². The standard InChI is InChI=1S/C16H22ClFN6O2S2/c17-10-7-15(28(25,26)24-16-22-9-23-27-16)11(18)8-14(10)21-6-2-1-5-20-13-4-3-12(13)19/h7-9,12-13,20-21H,1-6,19H2,(H,22,23,24)/t12-,13-/m1/s1. The average Bonchev–Trinajstić information content (AvgIpc) is 3.14. The molecule has 1 saturated carbocycles. The van der Waals surface area contributed by atoms with Crippen LogP contribution in [0.3, 0.4) is 0 Å². The predicted molar refractivity (Wildman–Crippen MR) is 109 cm³/mol. The van der Waals surface area contributed by atoms with Crippen molar-refractivity contribution >= 4 is 44.0 Å². The quantitative estimate of drug-likeness (QED) is 0.411. The highest BCUT2D eigenvalue weighted by atomic mass is 35.5. The van der Waals surface area contributed by atoms with E-state index in [4.69, 9.17) is 17.3 Å². The zero-order valence-electron chi connectivity index (χ0n) is 15.0. The Bertz CT molecular complexity index is 897.